The van der Waals surface area contributed by atoms with E-state index in [1.165, 1.54) is 0 Å². The van der Waals surface area contributed by atoms with E-state index in [0.29, 0.717) is 5.92 Å². The third-order valence-electron chi connectivity index (χ3n) is 2.74. The molecule has 0 radical (unpaired) electrons. The zero-order chi connectivity index (χ0) is 14.6. The monoisotopic (exact) mass is 347 g/mol. The van der Waals surface area contributed by atoms with Crippen LogP contribution in [-0.2, 0) is 4.79 Å². The molecule has 1 heterocycles. The second kappa shape index (κ2) is 7.38. The van der Waals surface area contributed by atoms with Crippen molar-refractivity contribution in [2.75, 3.05) is 13.1 Å². The first-order valence-corrected chi connectivity index (χ1v) is 7.95. The Labute approximate surface area is 127 Å². The van der Waals surface area contributed by atoms with Gasteiger partial charge in [0, 0.05) is 17.5 Å². The molecule has 1 rings (SSSR count). The number of amides is 1. The quantitative estimate of drug-likeness (QED) is 0.794. The van der Waals surface area contributed by atoms with Gasteiger partial charge in [0.1, 0.15) is 0 Å². The predicted molar refractivity (Wildman–Crippen MR) is 84.0 cm³/mol. The average Bonchev–Trinajstić information content (AvgIpc) is 2.62. The molecule has 2 atom stereocenters. The van der Waals surface area contributed by atoms with Gasteiger partial charge in [-0.1, -0.05) is 13.8 Å². The molecule has 0 spiro atoms. The van der Waals surface area contributed by atoms with Crippen LogP contribution in [0.4, 0.5) is 0 Å². The maximum Gasteiger partial charge on any atom is 0.231 e. The molecule has 4 nitrogen and oxygen atoms in total. The molecule has 4 N–H and O–H groups in total. The molecule has 108 valence electrons. The van der Waals surface area contributed by atoms with Crippen LogP contribution in [0.1, 0.15) is 31.7 Å². The summed E-state index contributed by atoms with van der Waals surface area (Å²) >= 11 is 5.12. The number of rotatable bonds is 7. The topological polar surface area (TPSA) is 72.3 Å². The van der Waals surface area contributed by atoms with Gasteiger partial charge in [0.2, 0.25) is 5.91 Å². The largest absolute Gasteiger partial charge is 0.369 e. The molecule has 1 aromatic rings. The first kappa shape index (κ1) is 16.6. The molecule has 0 aliphatic carbocycles. The highest BCUT2D eigenvalue weighted by atomic mass is 79.9. The lowest BCUT2D eigenvalue weighted by molar-refractivity contribution is -0.119. The standard InChI is InChI=1S/C13H22BrN3OS/c1-8(2)6-17(7-12(16)18)13(9(3)15)10-4-5-11(14)19-10/h4-5,8-9,13H,6-7,15H2,1-3H3,(H2,16,18). The summed E-state index contributed by atoms with van der Waals surface area (Å²) in [5, 5.41) is 0. The van der Waals surface area contributed by atoms with E-state index in [2.05, 4.69) is 40.7 Å². The van der Waals surface area contributed by atoms with Crippen LogP contribution in [0.3, 0.4) is 0 Å². The normalized spacial score (nSPS) is 14.9. The van der Waals surface area contributed by atoms with Gasteiger partial charge in [-0.2, -0.15) is 0 Å². The van der Waals surface area contributed by atoms with Crippen molar-refractivity contribution < 1.29 is 4.79 Å². The molecule has 6 heteroatoms. The van der Waals surface area contributed by atoms with E-state index in [0.717, 1.165) is 15.2 Å². The highest BCUT2D eigenvalue weighted by Crippen LogP contribution is 2.32. The maximum absolute atomic E-state index is 11.3. The van der Waals surface area contributed by atoms with E-state index in [1.54, 1.807) is 11.3 Å². The Morgan fingerprint density at radius 2 is 2.05 bits per heavy atom. The van der Waals surface area contributed by atoms with Gasteiger partial charge >= 0.3 is 0 Å². The molecule has 2 unspecified atom stereocenters. The minimum atomic E-state index is -0.318. The fourth-order valence-electron chi connectivity index (χ4n) is 2.20. The van der Waals surface area contributed by atoms with Crippen LogP contribution in [0.25, 0.3) is 0 Å². The van der Waals surface area contributed by atoms with Crippen molar-refractivity contribution in [3.8, 4) is 0 Å². The van der Waals surface area contributed by atoms with Crippen molar-refractivity contribution in [1.29, 1.82) is 0 Å². The molecule has 0 saturated carbocycles. The van der Waals surface area contributed by atoms with Crippen LogP contribution in [-0.4, -0.2) is 29.9 Å². The van der Waals surface area contributed by atoms with E-state index < -0.39 is 0 Å². The minimum absolute atomic E-state index is 0.0196. The van der Waals surface area contributed by atoms with E-state index in [4.69, 9.17) is 11.5 Å². The van der Waals surface area contributed by atoms with Gasteiger partial charge in [-0.25, -0.2) is 0 Å². The van der Waals surface area contributed by atoms with E-state index in [-0.39, 0.29) is 24.5 Å². The molecule has 0 bridgehead atoms. The molecule has 0 saturated heterocycles. The molecule has 0 fully saturated rings. The van der Waals surface area contributed by atoms with Gasteiger partial charge in [-0.05, 0) is 40.9 Å². The maximum atomic E-state index is 11.3. The van der Waals surface area contributed by atoms with E-state index in [1.807, 2.05) is 13.0 Å². The smallest absolute Gasteiger partial charge is 0.231 e. The van der Waals surface area contributed by atoms with Crippen molar-refractivity contribution in [3.05, 3.63) is 20.8 Å². The molecule has 19 heavy (non-hydrogen) atoms. The summed E-state index contributed by atoms with van der Waals surface area (Å²) in [6.45, 7) is 7.24. The fourth-order valence-corrected chi connectivity index (χ4v) is 3.88. The number of halogens is 1. The summed E-state index contributed by atoms with van der Waals surface area (Å²) in [6.07, 6.45) is 0. The third kappa shape index (κ3) is 5.22. The SMILES string of the molecule is CC(C)CN(CC(N)=O)C(c1ccc(Br)s1)C(C)N. The zero-order valence-corrected chi connectivity index (χ0v) is 14.0. The van der Waals surface area contributed by atoms with Crippen LogP contribution < -0.4 is 11.5 Å². The summed E-state index contributed by atoms with van der Waals surface area (Å²) in [5.74, 6) is 0.130. The van der Waals surface area contributed by atoms with Crippen LogP contribution in [0.5, 0.6) is 0 Å². The number of hydrogen-bond donors (Lipinski definition) is 2. The van der Waals surface area contributed by atoms with Gasteiger partial charge in [0.05, 0.1) is 16.4 Å². The van der Waals surface area contributed by atoms with E-state index in [9.17, 15) is 4.79 Å². The van der Waals surface area contributed by atoms with Crippen molar-refractivity contribution in [1.82, 2.24) is 4.90 Å². The highest BCUT2D eigenvalue weighted by Gasteiger charge is 2.27. The lowest BCUT2D eigenvalue weighted by atomic mass is 10.0. The molecular formula is C13H22BrN3OS. The highest BCUT2D eigenvalue weighted by molar-refractivity contribution is 9.11. The number of carbonyl (C=O) groups is 1. The van der Waals surface area contributed by atoms with Crippen LogP contribution in [0, 0.1) is 5.92 Å². The average molecular weight is 348 g/mol. The summed E-state index contributed by atoms with van der Waals surface area (Å²) in [7, 11) is 0. The summed E-state index contributed by atoms with van der Waals surface area (Å²) in [4.78, 5) is 14.5. The van der Waals surface area contributed by atoms with Crippen molar-refractivity contribution in [2.45, 2.75) is 32.9 Å². The number of primary amides is 1. The molecule has 0 aromatic carbocycles. The Bertz CT molecular complexity index is 420. The Balaban J connectivity index is 3.00. The Morgan fingerprint density at radius 3 is 2.42 bits per heavy atom. The van der Waals surface area contributed by atoms with Gasteiger partial charge in [-0.3, -0.25) is 9.69 Å². The van der Waals surface area contributed by atoms with Crippen LogP contribution >= 0.6 is 27.3 Å². The van der Waals surface area contributed by atoms with Crippen molar-refractivity contribution in [2.24, 2.45) is 17.4 Å². The summed E-state index contributed by atoms with van der Waals surface area (Å²) in [6, 6.07) is 4.01. The van der Waals surface area contributed by atoms with E-state index >= 15 is 0 Å². The van der Waals surface area contributed by atoms with Gasteiger partial charge < -0.3 is 11.5 Å². The van der Waals surface area contributed by atoms with Crippen LogP contribution in [0.2, 0.25) is 0 Å². The molecule has 0 aliphatic rings. The number of carbonyl (C=O) groups excluding carboxylic acids is 1. The lowest BCUT2D eigenvalue weighted by Gasteiger charge is -2.34. The zero-order valence-electron chi connectivity index (χ0n) is 11.6. The van der Waals surface area contributed by atoms with Crippen molar-refractivity contribution >= 4 is 33.2 Å². The number of thiophene rings is 1. The molecule has 1 amide bonds. The third-order valence-corrected chi connectivity index (χ3v) is 4.43. The summed E-state index contributed by atoms with van der Waals surface area (Å²) < 4.78 is 1.07. The second-order valence-corrected chi connectivity index (χ2v) is 7.73. The Hall–Kier alpha value is -0.430. The first-order valence-electron chi connectivity index (χ1n) is 6.34. The Kier molecular flexibility index (Phi) is 6.46. The number of nitrogens with two attached hydrogens (primary N) is 2. The molecule has 0 aliphatic heterocycles. The molecule has 1 aromatic heterocycles. The van der Waals surface area contributed by atoms with Gasteiger partial charge in [-0.15, -0.1) is 11.3 Å². The predicted octanol–water partition coefficient (Wildman–Crippen LogP) is 2.34. The second-order valence-electron chi connectivity index (χ2n) is 5.24. The first-order chi connectivity index (χ1) is 8.81. The fraction of sp³-hybridized carbons (Fsp3) is 0.615. The van der Waals surface area contributed by atoms with Crippen LogP contribution in [0.15, 0.2) is 15.9 Å². The van der Waals surface area contributed by atoms with Gasteiger partial charge in [0.15, 0.2) is 0 Å². The lowest BCUT2D eigenvalue weighted by Crippen LogP contribution is -2.44. The van der Waals surface area contributed by atoms with Crippen molar-refractivity contribution in [3.63, 3.8) is 0 Å². The Morgan fingerprint density at radius 1 is 1.42 bits per heavy atom. The summed E-state index contributed by atoms with van der Waals surface area (Å²) in [5.41, 5.74) is 11.5. The minimum Gasteiger partial charge on any atom is -0.369 e. The van der Waals surface area contributed by atoms with Gasteiger partial charge in [0.25, 0.3) is 0 Å². The number of nitrogens with zero attached hydrogens (tertiary/aromatic N) is 1. The number of hydrogen-bond acceptors (Lipinski definition) is 4. The molecular weight excluding hydrogens is 326 g/mol.